The summed E-state index contributed by atoms with van der Waals surface area (Å²) in [5, 5.41) is 5.81. The van der Waals surface area contributed by atoms with Crippen molar-refractivity contribution in [3.63, 3.8) is 0 Å². The van der Waals surface area contributed by atoms with Gasteiger partial charge in [0, 0.05) is 19.0 Å². The Bertz CT molecular complexity index is 343. The second-order valence-electron chi connectivity index (χ2n) is 5.37. The van der Waals surface area contributed by atoms with Crippen molar-refractivity contribution in [2.24, 2.45) is 5.92 Å². The number of esters is 1. The van der Waals surface area contributed by atoms with E-state index in [0.717, 1.165) is 25.7 Å². The SMILES string of the molecule is COC(=O)C1CCC(NC(=O)[C@@H]2CC(F)CN2)CC1. The monoisotopic (exact) mass is 272 g/mol. The Morgan fingerprint density at radius 3 is 2.47 bits per heavy atom. The molecule has 1 saturated heterocycles. The molecule has 0 aromatic heterocycles. The third kappa shape index (κ3) is 3.65. The Hall–Kier alpha value is -1.17. The number of carbonyl (C=O) groups excluding carboxylic acids is 2. The molecule has 1 unspecified atom stereocenters. The van der Waals surface area contributed by atoms with Crippen LogP contribution in [0.4, 0.5) is 4.39 Å². The molecule has 1 amide bonds. The Kier molecular flexibility index (Phi) is 4.74. The van der Waals surface area contributed by atoms with E-state index in [2.05, 4.69) is 10.6 Å². The van der Waals surface area contributed by atoms with Crippen LogP contribution in [0.1, 0.15) is 32.1 Å². The summed E-state index contributed by atoms with van der Waals surface area (Å²) in [6.45, 7) is 0.257. The lowest BCUT2D eigenvalue weighted by atomic mass is 9.86. The van der Waals surface area contributed by atoms with Crippen LogP contribution in [0.3, 0.4) is 0 Å². The molecule has 2 atom stereocenters. The molecule has 0 aromatic carbocycles. The highest BCUT2D eigenvalue weighted by Gasteiger charge is 2.32. The number of halogens is 1. The van der Waals surface area contributed by atoms with Gasteiger partial charge in [0.25, 0.3) is 0 Å². The quantitative estimate of drug-likeness (QED) is 0.736. The fourth-order valence-electron chi connectivity index (χ4n) is 2.83. The molecular formula is C13H21FN2O3. The van der Waals surface area contributed by atoms with Crippen molar-refractivity contribution in [3.8, 4) is 0 Å². The van der Waals surface area contributed by atoms with Gasteiger partial charge in [-0.25, -0.2) is 4.39 Å². The van der Waals surface area contributed by atoms with Crippen LogP contribution < -0.4 is 10.6 Å². The summed E-state index contributed by atoms with van der Waals surface area (Å²) in [5.74, 6) is -0.331. The molecule has 2 rings (SSSR count). The lowest BCUT2D eigenvalue weighted by Crippen LogP contribution is -2.46. The summed E-state index contributed by atoms with van der Waals surface area (Å²) in [5.41, 5.74) is 0. The second-order valence-corrected chi connectivity index (χ2v) is 5.37. The summed E-state index contributed by atoms with van der Waals surface area (Å²) in [6.07, 6.45) is 2.35. The van der Waals surface area contributed by atoms with Crippen molar-refractivity contribution in [2.45, 2.75) is 50.4 Å². The van der Waals surface area contributed by atoms with Crippen molar-refractivity contribution in [2.75, 3.05) is 13.7 Å². The van der Waals surface area contributed by atoms with E-state index in [9.17, 15) is 14.0 Å². The maximum absolute atomic E-state index is 13.0. The molecule has 0 bridgehead atoms. The van der Waals surface area contributed by atoms with E-state index in [0.29, 0.717) is 0 Å². The highest BCUT2D eigenvalue weighted by molar-refractivity contribution is 5.82. The molecule has 1 saturated carbocycles. The van der Waals surface area contributed by atoms with Gasteiger partial charge in [-0.05, 0) is 25.7 Å². The number of rotatable bonds is 3. The first-order valence-corrected chi connectivity index (χ1v) is 6.85. The van der Waals surface area contributed by atoms with E-state index >= 15 is 0 Å². The van der Waals surface area contributed by atoms with Crippen LogP contribution in [0.2, 0.25) is 0 Å². The van der Waals surface area contributed by atoms with Crippen molar-refractivity contribution in [1.29, 1.82) is 0 Å². The predicted molar refractivity (Wildman–Crippen MR) is 67.2 cm³/mol. The fraction of sp³-hybridized carbons (Fsp3) is 0.846. The van der Waals surface area contributed by atoms with Crippen LogP contribution in [0.5, 0.6) is 0 Å². The van der Waals surface area contributed by atoms with Crippen LogP contribution in [0.25, 0.3) is 0 Å². The highest BCUT2D eigenvalue weighted by atomic mass is 19.1. The molecule has 19 heavy (non-hydrogen) atoms. The van der Waals surface area contributed by atoms with Gasteiger partial charge in [0.15, 0.2) is 0 Å². The first kappa shape index (κ1) is 14.2. The molecule has 2 aliphatic rings. The van der Waals surface area contributed by atoms with Gasteiger partial charge in [-0.15, -0.1) is 0 Å². The summed E-state index contributed by atoms with van der Waals surface area (Å²) < 4.78 is 17.7. The average molecular weight is 272 g/mol. The van der Waals surface area contributed by atoms with Gasteiger partial charge in [0.1, 0.15) is 6.17 Å². The normalized spacial score (nSPS) is 34.8. The number of hydrogen-bond acceptors (Lipinski definition) is 4. The number of methoxy groups -OCH3 is 1. The fourth-order valence-corrected chi connectivity index (χ4v) is 2.83. The number of amides is 1. The van der Waals surface area contributed by atoms with E-state index in [1.807, 2.05) is 0 Å². The zero-order valence-corrected chi connectivity index (χ0v) is 11.2. The van der Waals surface area contributed by atoms with Crippen molar-refractivity contribution in [3.05, 3.63) is 0 Å². The van der Waals surface area contributed by atoms with Crippen LogP contribution >= 0.6 is 0 Å². The topological polar surface area (TPSA) is 67.4 Å². The molecular weight excluding hydrogens is 251 g/mol. The summed E-state index contributed by atoms with van der Waals surface area (Å²) >= 11 is 0. The number of hydrogen-bond donors (Lipinski definition) is 2. The van der Waals surface area contributed by atoms with E-state index in [-0.39, 0.29) is 36.8 Å². The zero-order valence-electron chi connectivity index (χ0n) is 11.2. The van der Waals surface area contributed by atoms with Gasteiger partial charge < -0.3 is 15.4 Å². The first-order valence-electron chi connectivity index (χ1n) is 6.85. The summed E-state index contributed by atoms with van der Waals surface area (Å²) in [4.78, 5) is 23.3. The minimum Gasteiger partial charge on any atom is -0.469 e. The minimum atomic E-state index is -0.925. The Morgan fingerprint density at radius 2 is 1.95 bits per heavy atom. The maximum Gasteiger partial charge on any atom is 0.308 e. The Labute approximate surface area is 112 Å². The smallest absolute Gasteiger partial charge is 0.308 e. The molecule has 1 aliphatic heterocycles. The second kappa shape index (κ2) is 6.32. The molecule has 0 radical (unpaired) electrons. The lowest BCUT2D eigenvalue weighted by Gasteiger charge is -2.28. The maximum atomic E-state index is 13.0. The third-order valence-corrected chi connectivity index (χ3v) is 4.00. The molecule has 108 valence electrons. The van der Waals surface area contributed by atoms with Crippen LogP contribution in [-0.4, -0.2) is 43.8 Å². The largest absolute Gasteiger partial charge is 0.469 e. The minimum absolute atomic E-state index is 0.0435. The van der Waals surface area contributed by atoms with Crippen molar-refractivity contribution >= 4 is 11.9 Å². The lowest BCUT2D eigenvalue weighted by molar-refractivity contribution is -0.146. The molecule has 1 heterocycles. The average Bonchev–Trinajstić information content (AvgIpc) is 2.85. The molecule has 6 heteroatoms. The summed E-state index contributed by atoms with van der Waals surface area (Å²) in [7, 11) is 1.40. The molecule has 5 nitrogen and oxygen atoms in total. The van der Waals surface area contributed by atoms with Gasteiger partial charge in [-0.3, -0.25) is 9.59 Å². The number of carbonyl (C=O) groups is 2. The molecule has 2 fully saturated rings. The Balaban J connectivity index is 1.73. The van der Waals surface area contributed by atoms with Gasteiger partial charge in [0.05, 0.1) is 19.1 Å². The van der Waals surface area contributed by atoms with E-state index < -0.39 is 12.2 Å². The highest BCUT2D eigenvalue weighted by Crippen LogP contribution is 2.25. The van der Waals surface area contributed by atoms with Gasteiger partial charge in [-0.1, -0.05) is 0 Å². The number of alkyl halides is 1. The molecule has 2 N–H and O–H groups in total. The van der Waals surface area contributed by atoms with Crippen LogP contribution in [-0.2, 0) is 14.3 Å². The number of ether oxygens (including phenoxy) is 1. The van der Waals surface area contributed by atoms with Crippen LogP contribution in [0.15, 0.2) is 0 Å². The van der Waals surface area contributed by atoms with Gasteiger partial charge in [0.2, 0.25) is 5.91 Å². The van der Waals surface area contributed by atoms with Gasteiger partial charge >= 0.3 is 5.97 Å². The number of nitrogens with one attached hydrogen (secondary N) is 2. The zero-order chi connectivity index (χ0) is 13.8. The van der Waals surface area contributed by atoms with Gasteiger partial charge in [-0.2, -0.15) is 0 Å². The van der Waals surface area contributed by atoms with Crippen LogP contribution in [0, 0.1) is 5.92 Å². The molecule has 1 aliphatic carbocycles. The first-order chi connectivity index (χ1) is 9.10. The predicted octanol–water partition coefficient (Wildman–Crippen LogP) is 0.534. The van der Waals surface area contributed by atoms with E-state index in [1.165, 1.54) is 7.11 Å². The standard InChI is InChI=1S/C13H21FN2O3/c1-19-13(18)8-2-4-10(5-3-8)16-12(17)11-6-9(14)7-15-11/h8-11,15H,2-7H2,1H3,(H,16,17)/t8?,9?,10?,11-/m0/s1. The summed E-state index contributed by atoms with van der Waals surface area (Å²) in [6, 6.07) is -0.317. The third-order valence-electron chi connectivity index (χ3n) is 4.00. The van der Waals surface area contributed by atoms with Crippen molar-refractivity contribution < 1.29 is 18.7 Å². The molecule has 0 spiro atoms. The Morgan fingerprint density at radius 1 is 1.26 bits per heavy atom. The van der Waals surface area contributed by atoms with E-state index in [4.69, 9.17) is 4.74 Å². The van der Waals surface area contributed by atoms with Crippen molar-refractivity contribution in [1.82, 2.24) is 10.6 Å². The van der Waals surface area contributed by atoms with E-state index in [1.54, 1.807) is 0 Å². The molecule has 0 aromatic rings.